The highest BCUT2D eigenvalue weighted by molar-refractivity contribution is 6.31. The largest absolute Gasteiger partial charge is 0.291 e. The summed E-state index contributed by atoms with van der Waals surface area (Å²) in [6.45, 7) is 0. The number of rotatable bonds is 0. The lowest BCUT2D eigenvalue weighted by atomic mass is 9.89. The van der Waals surface area contributed by atoms with Gasteiger partial charge in [0.15, 0.2) is 12.0 Å². The van der Waals surface area contributed by atoms with Crippen molar-refractivity contribution in [1.82, 2.24) is 0 Å². The van der Waals surface area contributed by atoms with E-state index in [1.165, 1.54) is 0 Å². The van der Waals surface area contributed by atoms with Crippen molar-refractivity contribution in [2.75, 3.05) is 0 Å². The van der Waals surface area contributed by atoms with Crippen molar-refractivity contribution < 1.29 is 9.18 Å². The first kappa shape index (κ1) is 8.70. The van der Waals surface area contributed by atoms with Crippen LogP contribution in [0.2, 0.25) is 5.02 Å². The van der Waals surface area contributed by atoms with Crippen molar-refractivity contribution in [2.24, 2.45) is 0 Å². The Morgan fingerprint density at radius 1 is 1.46 bits per heavy atom. The van der Waals surface area contributed by atoms with Crippen LogP contribution >= 0.6 is 11.6 Å². The molecule has 0 aliphatic heterocycles. The second-order valence-corrected chi connectivity index (χ2v) is 3.61. The Morgan fingerprint density at radius 3 is 3.00 bits per heavy atom. The van der Waals surface area contributed by atoms with Crippen LogP contribution in [0.3, 0.4) is 0 Å². The molecule has 13 heavy (non-hydrogen) atoms. The third-order valence-electron chi connectivity index (χ3n) is 2.29. The van der Waals surface area contributed by atoms with Crippen LogP contribution in [0.25, 0.3) is 0 Å². The maximum Gasteiger partial charge on any atom is 0.197 e. The fourth-order valence-electron chi connectivity index (χ4n) is 1.58. The summed E-state index contributed by atoms with van der Waals surface area (Å²) in [5.41, 5.74) is 1.36. The molecule has 1 aromatic carbocycles. The molecule has 0 radical (unpaired) electrons. The maximum absolute atomic E-state index is 13.0. The molecule has 1 aliphatic rings. The molecule has 2 rings (SSSR count). The molecular formula is C10H8ClFO. The highest BCUT2D eigenvalue weighted by Gasteiger charge is 2.26. The average molecular weight is 199 g/mol. The van der Waals surface area contributed by atoms with Crippen molar-refractivity contribution in [3.05, 3.63) is 34.3 Å². The SMILES string of the molecule is O=C1c2cc(Cl)ccc2CCC1F. The fourth-order valence-corrected chi connectivity index (χ4v) is 1.75. The highest BCUT2D eigenvalue weighted by Crippen LogP contribution is 2.25. The average Bonchev–Trinajstić information content (AvgIpc) is 2.12. The topological polar surface area (TPSA) is 17.1 Å². The molecular weight excluding hydrogens is 191 g/mol. The van der Waals surface area contributed by atoms with Crippen molar-refractivity contribution >= 4 is 17.4 Å². The number of ketones is 1. The maximum atomic E-state index is 13.0. The lowest BCUT2D eigenvalue weighted by molar-refractivity contribution is 0.0856. The van der Waals surface area contributed by atoms with Gasteiger partial charge in [-0.2, -0.15) is 0 Å². The summed E-state index contributed by atoms with van der Waals surface area (Å²) < 4.78 is 13.0. The van der Waals surface area contributed by atoms with E-state index in [0.717, 1.165) is 5.56 Å². The number of halogens is 2. The normalized spacial score (nSPS) is 21.4. The van der Waals surface area contributed by atoms with Crippen molar-refractivity contribution in [1.29, 1.82) is 0 Å². The molecule has 0 saturated heterocycles. The predicted octanol–water partition coefficient (Wildman–Crippen LogP) is 2.81. The Balaban J connectivity index is 2.51. The zero-order valence-electron chi connectivity index (χ0n) is 6.89. The van der Waals surface area contributed by atoms with Crippen LogP contribution in [0.4, 0.5) is 4.39 Å². The summed E-state index contributed by atoms with van der Waals surface area (Å²) in [5.74, 6) is -0.427. The Labute approximate surface area is 80.5 Å². The summed E-state index contributed by atoms with van der Waals surface area (Å²) in [6.07, 6.45) is -0.418. The van der Waals surface area contributed by atoms with Gasteiger partial charge in [-0.25, -0.2) is 4.39 Å². The van der Waals surface area contributed by atoms with E-state index in [0.29, 0.717) is 23.4 Å². The molecule has 0 spiro atoms. The molecule has 0 heterocycles. The number of fused-ring (bicyclic) bond motifs is 1. The van der Waals surface area contributed by atoms with E-state index >= 15 is 0 Å². The van der Waals surface area contributed by atoms with E-state index in [4.69, 9.17) is 11.6 Å². The van der Waals surface area contributed by atoms with Crippen molar-refractivity contribution in [3.8, 4) is 0 Å². The predicted molar refractivity (Wildman–Crippen MR) is 49.0 cm³/mol. The quantitative estimate of drug-likeness (QED) is 0.627. The Morgan fingerprint density at radius 2 is 2.23 bits per heavy atom. The van der Waals surface area contributed by atoms with Crippen molar-refractivity contribution in [2.45, 2.75) is 19.0 Å². The molecule has 3 heteroatoms. The van der Waals surface area contributed by atoms with E-state index in [1.54, 1.807) is 18.2 Å². The van der Waals surface area contributed by atoms with Crippen LogP contribution in [-0.2, 0) is 6.42 Å². The Kier molecular flexibility index (Phi) is 2.08. The molecule has 1 aromatic rings. The zero-order valence-corrected chi connectivity index (χ0v) is 7.64. The molecule has 0 bridgehead atoms. The third-order valence-corrected chi connectivity index (χ3v) is 2.52. The fraction of sp³-hybridized carbons (Fsp3) is 0.300. The number of carbonyl (C=O) groups is 1. The molecule has 0 amide bonds. The molecule has 1 unspecified atom stereocenters. The molecule has 0 fully saturated rings. The molecule has 1 nitrogen and oxygen atoms in total. The van der Waals surface area contributed by atoms with Crippen LogP contribution in [0.15, 0.2) is 18.2 Å². The van der Waals surface area contributed by atoms with Gasteiger partial charge in [0.1, 0.15) is 0 Å². The third kappa shape index (κ3) is 1.46. The molecule has 1 aliphatic carbocycles. The first-order valence-corrected chi connectivity index (χ1v) is 4.53. The zero-order chi connectivity index (χ0) is 9.42. The van der Waals surface area contributed by atoms with Crippen LogP contribution in [0, 0.1) is 0 Å². The van der Waals surface area contributed by atoms with E-state index in [2.05, 4.69) is 0 Å². The first-order chi connectivity index (χ1) is 6.18. The van der Waals surface area contributed by atoms with Crippen LogP contribution in [-0.4, -0.2) is 12.0 Å². The number of Topliss-reactive ketones (excluding diaryl/α,β-unsaturated/α-hetero) is 1. The monoisotopic (exact) mass is 198 g/mol. The van der Waals surface area contributed by atoms with Crippen LogP contribution < -0.4 is 0 Å². The van der Waals surface area contributed by atoms with Gasteiger partial charge in [-0.1, -0.05) is 17.7 Å². The summed E-state index contributed by atoms with van der Waals surface area (Å²) in [4.78, 5) is 11.3. The van der Waals surface area contributed by atoms with E-state index in [1.807, 2.05) is 0 Å². The summed E-state index contributed by atoms with van der Waals surface area (Å²) in [6, 6.07) is 5.07. The lowest BCUT2D eigenvalue weighted by Crippen LogP contribution is -2.23. The summed E-state index contributed by atoms with van der Waals surface area (Å²) in [7, 11) is 0. The number of benzene rings is 1. The number of hydrogen-bond acceptors (Lipinski definition) is 1. The summed E-state index contributed by atoms with van der Waals surface area (Å²) in [5, 5.41) is 0.487. The van der Waals surface area contributed by atoms with Crippen molar-refractivity contribution in [3.63, 3.8) is 0 Å². The number of carbonyl (C=O) groups excluding carboxylic acids is 1. The second-order valence-electron chi connectivity index (χ2n) is 3.17. The minimum absolute atomic E-state index is 0.299. The summed E-state index contributed by atoms with van der Waals surface area (Å²) >= 11 is 5.72. The Bertz CT molecular complexity index is 362. The van der Waals surface area contributed by atoms with Crippen LogP contribution in [0.5, 0.6) is 0 Å². The standard InChI is InChI=1S/C10H8ClFO/c11-7-3-1-6-2-4-9(12)10(13)8(6)5-7/h1,3,5,9H,2,4H2. The van der Waals surface area contributed by atoms with E-state index < -0.39 is 12.0 Å². The first-order valence-electron chi connectivity index (χ1n) is 4.15. The number of aryl methyl sites for hydroxylation is 1. The molecule has 0 aromatic heterocycles. The lowest BCUT2D eigenvalue weighted by Gasteiger charge is -2.17. The minimum Gasteiger partial charge on any atom is -0.291 e. The van der Waals surface area contributed by atoms with Gasteiger partial charge in [0.05, 0.1) is 0 Å². The highest BCUT2D eigenvalue weighted by atomic mass is 35.5. The molecule has 0 saturated carbocycles. The smallest absolute Gasteiger partial charge is 0.197 e. The second kappa shape index (κ2) is 3.11. The van der Waals surface area contributed by atoms with Gasteiger partial charge < -0.3 is 0 Å². The van der Waals surface area contributed by atoms with Gasteiger partial charge in [0, 0.05) is 10.6 Å². The molecule has 0 N–H and O–H groups in total. The van der Waals surface area contributed by atoms with E-state index in [9.17, 15) is 9.18 Å². The minimum atomic E-state index is -1.34. The van der Waals surface area contributed by atoms with Gasteiger partial charge in [0.2, 0.25) is 0 Å². The molecule has 1 atom stereocenters. The van der Waals surface area contributed by atoms with Gasteiger partial charge >= 0.3 is 0 Å². The van der Waals surface area contributed by atoms with Gasteiger partial charge in [-0.15, -0.1) is 0 Å². The number of hydrogen-bond donors (Lipinski definition) is 0. The van der Waals surface area contributed by atoms with E-state index in [-0.39, 0.29) is 0 Å². The Hall–Kier alpha value is -0.890. The van der Waals surface area contributed by atoms with Crippen LogP contribution in [0.1, 0.15) is 22.3 Å². The van der Waals surface area contributed by atoms with Gasteiger partial charge in [-0.05, 0) is 30.5 Å². The molecule has 68 valence electrons. The van der Waals surface area contributed by atoms with Gasteiger partial charge in [-0.3, -0.25) is 4.79 Å². The van der Waals surface area contributed by atoms with Gasteiger partial charge in [0.25, 0.3) is 0 Å². The number of alkyl halides is 1.